The Morgan fingerprint density at radius 3 is 2.57 bits per heavy atom. The molecule has 0 aromatic heterocycles. The lowest BCUT2D eigenvalue weighted by molar-refractivity contribution is -0.121. The largest absolute Gasteiger partial charge is 0.342 e. The minimum atomic E-state index is -3.83. The predicted molar refractivity (Wildman–Crippen MR) is 82.6 cm³/mol. The number of hydrogen-bond acceptors (Lipinski definition) is 5. The fraction of sp³-hybridized carbons (Fsp3) is 0.333. The molecule has 2 N–H and O–H groups in total. The Labute approximate surface area is 132 Å². The van der Waals surface area contributed by atoms with Crippen LogP contribution in [0.3, 0.4) is 0 Å². The lowest BCUT2D eigenvalue weighted by atomic mass is 10.3. The molecule has 0 radical (unpaired) electrons. The molecule has 0 aliphatic carbocycles. The second-order valence-electron chi connectivity index (χ2n) is 3.96. The molecule has 0 spiro atoms. The van der Waals surface area contributed by atoms with Gasteiger partial charge in [-0.15, -0.1) is 0 Å². The van der Waals surface area contributed by atoms with Crippen LogP contribution >= 0.6 is 23.4 Å². The summed E-state index contributed by atoms with van der Waals surface area (Å²) in [4.78, 5) is 11.9. The Balaban J connectivity index is 2.89. The minimum absolute atomic E-state index is 0.0195. The molecule has 0 bridgehead atoms. The van der Waals surface area contributed by atoms with Gasteiger partial charge in [0.05, 0.1) is 11.0 Å². The zero-order valence-electron chi connectivity index (χ0n) is 11.2. The maximum absolute atomic E-state index is 12.2. The molecule has 6 nitrogen and oxygen atoms in total. The van der Waals surface area contributed by atoms with Crippen LogP contribution < -0.4 is 10.0 Å². The van der Waals surface area contributed by atoms with Gasteiger partial charge in [0.15, 0.2) is 0 Å². The molecule has 0 fully saturated rings. The van der Waals surface area contributed by atoms with E-state index in [0.29, 0.717) is 5.02 Å². The zero-order chi connectivity index (χ0) is 15.9. The third-order valence-electron chi connectivity index (χ3n) is 2.41. The van der Waals surface area contributed by atoms with Gasteiger partial charge in [-0.3, -0.25) is 4.79 Å². The Morgan fingerprint density at radius 2 is 2.05 bits per heavy atom. The van der Waals surface area contributed by atoms with Crippen molar-refractivity contribution in [2.75, 3.05) is 18.6 Å². The Morgan fingerprint density at radius 1 is 1.43 bits per heavy atom. The van der Waals surface area contributed by atoms with E-state index < -0.39 is 22.0 Å². The highest BCUT2D eigenvalue weighted by Gasteiger charge is 2.25. The molecule has 1 aromatic rings. The van der Waals surface area contributed by atoms with E-state index in [2.05, 4.69) is 10.0 Å². The molecule has 9 heteroatoms. The van der Waals surface area contributed by atoms with Crippen LogP contribution in [0.25, 0.3) is 0 Å². The van der Waals surface area contributed by atoms with E-state index in [0.717, 1.165) is 0 Å². The molecule has 114 valence electrons. The molecule has 0 aliphatic heterocycles. The van der Waals surface area contributed by atoms with Crippen molar-refractivity contribution < 1.29 is 13.2 Å². The van der Waals surface area contributed by atoms with Crippen LogP contribution in [0.5, 0.6) is 0 Å². The number of thioether (sulfide) groups is 1. The smallest absolute Gasteiger partial charge is 0.241 e. The van der Waals surface area contributed by atoms with Crippen molar-refractivity contribution in [2.24, 2.45) is 0 Å². The number of carbonyl (C=O) groups excluding carboxylic acids is 1. The number of sulfonamides is 1. The van der Waals surface area contributed by atoms with Crippen molar-refractivity contribution >= 4 is 39.3 Å². The van der Waals surface area contributed by atoms with E-state index >= 15 is 0 Å². The van der Waals surface area contributed by atoms with Crippen LogP contribution in [0.4, 0.5) is 0 Å². The first-order chi connectivity index (χ1) is 9.90. The first-order valence-corrected chi connectivity index (χ1v) is 9.07. The fourth-order valence-electron chi connectivity index (χ4n) is 1.45. The van der Waals surface area contributed by atoms with Gasteiger partial charge in [0, 0.05) is 10.8 Å². The summed E-state index contributed by atoms with van der Waals surface area (Å²) >= 11 is 7.03. The van der Waals surface area contributed by atoms with Crippen molar-refractivity contribution in [3.8, 4) is 6.07 Å². The monoisotopic (exact) mass is 347 g/mol. The summed E-state index contributed by atoms with van der Waals surface area (Å²) in [7, 11) is -3.83. The fourth-order valence-corrected chi connectivity index (χ4v) is 3.44. The van der Waals surface area contributed by atoms with Crippen LogP contribution in [-0.4, -0.2) is 38.9 Å². The molecule has 1 amide bonds. The first kappa shape index (κ1) is 17.8. The summed E-state index contributed by atoms with van der Waals surface area (Å²) in [5, 5.41) is 11.2. The number of nitrogens with zero attached hydrogens (tertiary/aromatic N) is 1. The van der Waals surface area contributed by atoms with Crippen molar-refractivity contribution in [1.29, 1.82) is 5.26 Å². The van der Waals surface area contributed by atoms with Gasteiger partial charge in [-0.2, -0.15) is 21.7 Å². The summed E-state index contributed by atoms with van der Waals surface area (Å²) in [6.07, 6.45) is 1.75. The molecule has 1 rings (SSSR count). The summed E-state index contributed by atoms with van der Waals surface area (Å²) in [5.74, 6) is -0.284. The maximum Gasteiger partial charge on any atom is 0.241 e. The summed E-state index contributed by atoms with van der Waals surface area (Å²) < 4.78 is 26.7. The number of rotatable bonds is 7. The van der Waals surface area contributed by atoms with Crippen LogP contribution in [0.15, 0.2) is 29.2 Å². The molecule has 0 aliphatic rings. The van der Waals surface area contributed by atoms with Crippen LogP contribution in [0.1, 0.15) is 0 Å². The van der Waals surface area contributed by atoms with Gasteiger partial charge in [-0.1, -0.05) is 11.6 Å². The number of benzene rings is 1. The summed E-state index contributed by atoms with van der Waals surface area (Å²) in [5.41, 5.74) is 0. The second kappa shape index (κ2) is 8.24. The van der Waals surface area contributed by atoms with E-state index in [-0.39, 0.29) is 17.2 Å². The Hall–Kier alpha value is -1.27. The standard InChI is InChI=1S/C12H14ClN3O3S2/c1-20-8-11(12(17)15-7-6-14)16-21(18,19)10-4-2-9(13)3-5-10/h2-5,11,16H,7-8H2,1H3,(H,15,17). The van der Waals surface area contributed by atoms with E-state index in [1.54, 1.807) is 12.3 Å². The molecule has 21 heavy (non-hydrogen) atoms. The first-order valence-electron chi connectivity index (χ1n) is 5.82. The van der Waals surface area contributed by atoms with E-state index in [1.165, 1.54) is 36.0 Å². The van der Waals surface area contributed by atoms with E-state index in [1.807, 2.05) is 0 Å². The van der Waals surface area contributed by atoms with Crippen molar-refractivity contribution in [3.05, 3.63) is 29.3 Å². The molecule has 0 saturated carbocycles. The number of halogens is 1. The predicted octanol–water partition coefficient (Wildman–Crippen LogP) is 0.990. The highest BCUT2D eigenvalue weighted by molar-refractivity contribution is 7.98. The molecule has 1 aromatic carbocycles. The number of nitrogens with one attached hydrogen (secondary N) is 2. The SMILES string of the molecule is CSCC(NS(=O)(=O)c1ccc(Cl)cc1)C(=O)NCC#N. The highest BCUT2D eigenvalue weighted by atomic mass is 35.5. The molecule has 1 unspecified atom stereocenters. The number of hydrogen-bond donors (Lipinski definition) is 2. The third-order valence-corrected chi connectivity index (χ3v) is 4.82. The normalized spacial score (nSPS) is 12.4. The third kappa shape index (κ3) is 5.55. The zero-order valence-corrected chi connectivity index (χ0v) is 13.6. The van der Waals surface area contributed by atoms with E-state index in [4.69, 9.17) is 16.9 Å². The van der Waals surface area contributed by atoms with Crippen molar-refractivity contribution in [1.82, 2.24) is 10.0 Å². The Kier molecular flexibility index (Phi) is 6.98. The summed E-state index contributed by atoms with van der Waals surface area (Å²) in [6.45, 7) is -0.174. The molecular weight excluding hydrogens is 334 g/mol. The average molecular weight is 348 g/mol. The van der Waals surface area contributed by atoms with Gasteiger partial charge < -0.3 is 5.32 Å². The van der Waals surface area contributed by atoms with Gasteiger partial charge in [0.2, 0.25) is 15.9 Å². The number of amides is 1. The topological polar surface area (TPSA) is 99.1 Å². The van der Waals surface area contributed by atoms with Crippen molar-refractivity contribution in [3.63, 3.8) is 0 Å². The molecular formula is C12H14ClN3O3S2. The highest BCUT2D eigenvalue weighted by Crippen LogP contribution is 2.14. The van der Waals surface area contributed by atoms with Crippen molar-refractivity contribution in [2.45, 2.75) is 10.9 Å². The van der Waals surface area contributed by atoms with Gasteiger partial charge in [-0.25, -0.2) is 8.42 Å². The quantitative estimate of drug-likeness (QED) is 0.716. The molecule has 0 heterocycles. The van der Waals surface area contributed by atoms with Gasteiger partial charge in [-0.05, 0) is 30.5 Å². The number of nitriles is 1. The van der Waals surface area contributed by atoms with Crippen LogP contribution in [0.2, 0.25) is 5.02 Å². The van der Waals surface area contributed by atoms with Gasteiger partial charge >= 0.3 is 0 Å². The van der Waals surface area contributed by atoms with E-state index in [9.17, 15) is 13.2 Å². The minimum Gasteiger partial charge on any atom is -0.342 e. The number of carbonyl (C=O) groups is 1. The Bertz CT molecular complexity index is 626. The average Bonchev–Trinajstić information content (AvgIpc) is 2.44. The molecule has 0 saturated heterocycles. The van der Waals surface area contributed by atoms with Gasteiger partial charge in [0.25, 0.3) is 0 Å². The second-order valence-corrected chi connectivity index (χ2v) is 7.02. The summed E-state index contributed by atoms with van der Waals surface area (Å²) in [6, 6.07) is 6.43. The van der Waals surface area contributed by atoms with Crippen LogP contribution in [-0.2, 0) is 14.8 Å². The van der Waals surface area contributed by atoms with Gasteiger partial charge in [0.1, 0.15) is 12.6 Å². The molecule has 1 atom stereocenters. The maximum atomic E-state index is 12.2. The van der Waals surface area contributed by atoms with Crippen LogP contribution in [0, 0.1) is 11.3 Å². The lowest BCUT2D eigenvalue weighted by Crippen LogP contribution is -2.48. The lowest BCUT2D eigenvalue weighted by Gasteiger charge is -2.16.